The van der Waals surface area contributed by atoms with Gasteiger partial charge in [0, 0.05) is 71.2 Å². The van der Waals surface area contributed by atoms with Gasteiger partial charge in [-0.15, -0.1) is 6.42 Å². The zero-order valence-electron chi connectivity index (χ0n) is 17.6. The van der Waals surface area contributed by atoms with E-state index in [0.29, 0.717) is 59.4 Å². The zero-order chi connectivity index (χ0) is 21.3. The van der Waals surface area contributed by atoms with Crippen molar-refractivity contribution in [3.8, 4) is 0 Å². The molecule has 30 heavy (non-hydrogen) atoms. The number of hydrogen-bond acceptors (Lipinski definition) is 8. The first-order valence-electron chi connectivity index (χ1n) is 9.83. The number of likely N-dealkylation sites (tertiary alicyclic amines) is 1. The fraction of sp³-hybridized carbons (Fsp3) is 0.789. The number of hydrogen-bond donors (Lipinski definition) is 1. The van der Waals surface area contributed by atoms with Crippen LogP contribution in [0.4, 0.5) is 0 Å². The van der Waals surface area contributed by atoms with E-state index in [1.807, 2.05) is 0 Å². The molecular formula is C19H31N2O8Y-. The molecule has 3 amide bonds. The monoisotopic (exact) mass is 504 g/mol. The SMILES string of the molecule is CC1CC(=O)N(CCC(=O)NCCOCCOCCOCCOCC[C-]=O)C1=O.[Y]. The standard InChI is InChI=1S/C19H31N2O8.Y/c1-16-15-18(24)21(19(16)25)5-3-17(23)20-4-8-27-10-12-29-14-13-28-11-9-26-7-2-6-22;/h16H,2-5,7-15H2,1H3,(H,20,23);/q-1;. The smallest absolute Gasteiger partial charge is 0.232 e. The summed E-state index contributed by atoms with van der Waals surface area (Å²) in [6, 6.07) is 0. The van der Waals surface area contributed by atoms with Gasteiger partial charge in [0.25, 0.3) is 0 Å². The van der Waals surface area contributed by atoms with Gasteiger partial charge in [-0.2, -0.15) is 0 Å². The first-order valence-corrected chi connectivity index (χ1v) is 9.83. The molecule has 0 spiro atoms. The Morgan fingerprint density at radius 3 is 2.03 bits per heavy atom. The number of ether oxygens (including phenoxy) is 4. The van der Waals surface area contributed by atoms with Gasteiger partial charge >= 0.3 is 0 Å². The van der Waals surface area contributed by atoms with Crippen molar-refractivity contribution in [1.82, 2.24) is 10.2 Å². The molecule has 0 aromatic carbocycles. The summed E-state index contributed by atoms with van der Waals surface area (Å²) in [5.74, 6) is -0.945. The number of imide groups is 1. The first kappa shape index (κ1) is 29.2. The Morgan fingerprint density at radius 1 is 1.00 bits per heavy atom. The third-order valence-electron chi connectivity index (χ3n) is 4.06. The van der Waals surface area contributed by atoms with E-state index in [4.69, 9.17) is 18.9 Å². The fourth-order valence-corrected chi connectivity index (χ4v) is 2.52. The number of nitrogens with zero attached hydrogens (tertiary/aromatic N) is 1. The number of nitrogens with one attached hydrogen (secondary N) is 1. The number of carbonyl (C=O) groups excluding carboxylic acids is 4. The minimum atomic E-state index is -0.292. The van der Waals surface area contributed by atoms with Crippen LogP contribution in [0.2, 0.25) is 0 Å². The van der Waals surface area contributed by atoms with Crippen molar-refractivity contribution in [2.45, 2.75) is 26.2 Å². The van der Waals surface area contributed by atoms with Gasteiger partial charge in [-0.3, -0.25) is 25.6 Å². The van der Waals surface area contributed by atoms with Crippen molar-refractivity contribution in [3.63, 3.8) is 0 Å². The second kappa shape index (κ2) is 19.0. The van der Waals surface area contributed by atoms with Gasteiger partial charge < -0.3 is 29.1 Å². The Labute approximate surface area is 202 Å². The van der Waals surface area contributed by atoms with Crippen LogP contribution in [-0.2, 0) is 70.8 Å². The topological polar surface area (TPSA) is 120 Å². The quantitative estimate of drug-likeness (QED) is 0.150. The average Bonchev–Trinajstić information content (AvgIpc) is 2.94. The minimum absolute atomic E-state index is 0. The van der Waals surface area contributed by atoms with Crippen LogP contribution in [0.25, 0.3) is 0 Å². The van der Waals surface area contributed by atoms with Crippen molar-refractivity contribution < 1.29 is 70.8 Å². The molecule has 0 aromatic rings. The van der Waals surface area contributed by atoms with Gasteiger partial charge in [0.05, 0.1) is 46.2 Å². The Kier molecular flexibility index (Phi) is 18.5. The molecule has 1 unspecified atom stereocenters. The van der Waals surface area contributed by atoms with E-state index in [1.54, 1.807) is 13.2 Å². The molecule has 0 aliphatic carbocycles. The van der Waals surface area contributed by atoms with Gasteiger partial charge in [0.2, 0.25) is 17.7 Å². The van der Waals surface area contributed by atoms with Crippen LogP contribution < -0.4 is 5.32 Å². The van der Waals surface area contributed by atoms with Crippen LogP contribution >= 0.6 is 0 Å². The molecule has 1 fully saturated rings. The summed E-state index contributed by atoms with van der Waals surface area (Å²) in [5.41, 5.74) is 0. The number of carbonyl (C=O) groups is 3. The molecule has 10 nitrogen and oxygen atoms in total. The van der Waals surface area contributed by atoms with Gasteiger partial charge in [-0.05, 0) is 0 Å². The molecule has 1 atom stereocenters. The van der Waals surface area contributed by atoms with Gasteiger partial charge in [0.15, 0.2) is 0 Å². The maximum Gasteiger partial charge on any atom is 0.232 e. The summed E-state index contributed by atoms with van der Waals surface area (Å²) in [5, 5.41) is 2.68. The van der Waals surface area contributed by atoms with E-state index < -0.39 is 0 Å². The molecule has 11 heteroatoms. The van der Waals surface area contributed by atoms with Crippen molar-refractivity contribution in [1.29, 1.82) is 0 Å². The molecule has 1 radical (unpaired) electrons. The molecule has 1 N–H and O–H groups in total. The van der Waals surface area contributed by atoms with Crippen molar-refractivity contribution >= 4 is 24.0 Å². The second-order valence-corrected chi connectivity index (χ2v) is 6.43. The molecule has 1 heterocycles. The van der Waals surface area contributed by atoms with E-state index in [0.717, 1.165) is 4.90 Å². The number of amides is 3. The summed E-state index contributed by atoms with van der Waals surface area (Å²) in [6.07, 6.45) is 2.33. The van der Waals surface area contributed by atoms with E-state index >= 15 is 0 Å². The molecule has 169 valence electrons. The third-order valence-corrected chi connectivity index (χ3v) is 4.06. The first-order chi connectivity index (χ1) is 14.1. The summed E-state index contributed by atoms with van der Waals surface area (Å²) < 4.78 is 21.1. The van der Waals surface area contributed by atoms with E-state index in [1.165, 1.54) is 0 Å². The predicted molar refractivity (Wildman–Crippen MR) is 102 cm³/mol. The summed E-state index contributed by atoms with van der Waals surface area (Å²) in [6.45, 7) is 5.46. The van der Waals surface area contributed by atoms with Crippen LogP contribution in [0.5, 0.6) is 0 Å². The second-order valence-electron chi connectivity index (χ2n) is 6.43. The normalized spacial score (nSPS) is 15.9. The van der Waals surface area contributed by atoms with Crippen LogP contribution in [0, 0.1) is 5.92 Å². The van der Waals surface area contributed by atoms with Gasteiger partial charge in [0.1, 0.15) is 0 Å². The summed E-state index contributed by atoms with van der Waals surface area (Å²) >= 11 is 0. The Morgan fingerprint density at radius 2 is 1.53 bits per heavy atom. The maximum absolute atomic E-state index is 11.8. The molecule has 1 aliphatic heterocycles. The van der Waals surface area contributed by atoms with Crippen LogP contribution in [0.3, 0.4) is 0 Å². The predicted octanol–water partition coefficient (Wildman–Crippen LogP) is -0.549. The molecule has 0 bridgehead atoms. The van der Waals surface area contributed by atoms with Gasteiger partial charge in [-0.1, -0.05) is 6.92 Å². The van der Waals surface area contributed by atoms with Crippen LogP contribution in [0.15, 0.2) is 0 Å². The van der Waals surface area contributed by atoms with E-state index in [-0.39, 0.29) is 82.2 Å². The molecule has 1 aliphatic rings. The van der Waals surface area contributed by atoms with Crippen molar-refractivity contribution in [2.75, 3.05) is 65.9 Å². The van der Waals surface area contributed by atoms with E-state index in [9.17, 15) is 19.2 Å². The molecule has 0 aromatic heterocycles. The van der Waals surface area contributed by atoms with Gasteiger partial charge in [-0.25, -0.2) is 0 Å². The zero-order valence-corrected chi connectivity index (χ0v) is 20.4. The molecule has 1 rings (SSSR count). The maximum atomic E-state index is 11.8. The van der Waals surface area contributed by atoms with E-state index in [2.05, 4.69) is 5.32 Å². The average molecular weight is 504 g/mol. The largest absolute Gasteiger partial charge is 0.542 e. The van der Waals surface area contributed by atoms with Crippen molar-refractivity contribution in [2.24, 2.45) is 5.92 Å². The third kappa shape index (κ3) is 13.5. The minimum Gasteiger partial charge on any atom is -0.542 e. The summed E-state index contributed by atoms with van der Waals surface area (Å²) in [7, 11) is 0. The van der Waals surface area contributed by atoms with Crippen LogP contribution in [0.1, 0.15) is 26.2 Å². The Balaban J connectivity index is 0.00000841. The van der Waals surface area contributed by atoms with Crippen LogP contribution in [-0.4, -0.2) is 94.9 Å². The van der Waals surface area contributed by atoms with Crippen molar-refractivity contribution in [3.05, 3.63) is 0 Å². The fourth-order valence-electron chi connectivity index (χ4n) is 2.52. The molecule has 1 saturated heterocycles. The number of rotatable bonds is 18. The Hall–Kier alpha value is -0.776. The Bertz CT molecular complexity index is 521. The molecule has 0 saturated carbocycles. The summed E-state index contributed by atoms with van der Waals surface area (Å²) in [4.78, 5) is 46.2. The molecular weight excluding hydrogens is 473 g/mol.